The van der Waals surface area contributed by atoms with E-state index in [0.717, 1.165) is 29.3 Å². The fourth-order valence-corrected chi connectivity index (χ4v) is 2.06. The monoisotopic (exact) mass is 269 g/mol. The first-order chi connectivity index (χ1) is 7.34. The van der Waals surface area contributed by atoms with Crippen LogP contribution in [0.4, 0.5) is 5.82 Å². The van der Waals surface area contributed by atoms with Crippen LogP contribution in [0.3, 0.4) is 0 Å². The lowest BCUT2D eigenvalue weighted by atomic mass is 10.00. The van der Waals surface area contributed by atoms with E-state index in [9.17, 15) is 0 Å². The fourth-order valence-electron chi connectivity index (χ4n) is 1.83. The molecule has 0 aromatic carbocycles. The summed E-state index contributed by atoms with van der Waals surface area (Å²) in [7, 11) is 0. The van der Waals surface area contributed by atoms with Crippen molar-refractivity contribution in [3.8, 4) is 0 Å². The van der Waals surface area contributed by atoms with E-state index in [-0.39, 0.29) is 0 Å². The number of halogens is 1. The Balaban J connectivity index is 1.79. The number of piperidine rings is 1. The van der Waals surface area contributed by atoms with Gasteiger partial charge in [0.2, 0.25) is 0 Å². The molecule has 1 saturated heterocycles. The van der Waals surface area contributed by atoms with Crippen molar-refractivity contribution in [2.75, 3.05) is 25.0 Å². The second-order valence-corrected chi connectivity index (χ2v) is 4.87. The van der Waals surface area contributed by atoms with E-state index in [4.69, 9.17) is 0 Å². The zero-order valence-electron chi connectivity index (χ0n) is 8.67. The summed E-state index contributed by atoms with van der Waals surface area (Å²) in [6, 6.07) is 4.01. The van der Waals surface area contributed by atoms with Crippen LogP contribution in [0.25, 0.3) is 0 Å². The predicted octanol–water partition coefficient (Wildman–Crippen LogP) is 2.26. The summed E-state index contributed by atoms with van der Waals surface area (Å²) in [4.78, 5) is 4.28. The Bertz CT molecular complexity index is 293. The number of pyridine rings is 1. The van der Waals surface area contributed by atoms with Crippen LogP contribution >= 0.6 is 15.9 Å². The molecule has 1 aromatic rings. The van der Waals surface area contributed by atoms with E-state index in [1.54, 1.807) is 0 Å². The van der Waals surface area contributed by atoms with Crippen LogP contribution in [0.5, 0.6) is 0 Å². The highest BCUT2D eigenvalue weighted by Gasteiger charge is 2.12. The molecule has 0 spiro atoms. The van der Waals surface area contributed by atoms with Crippen LogP contribution in [0.15, 0.2) is 22.8 Å². The zero-order chi connectivity index (χ0) is 10.5. The Labute approximate surface area is 98.8 Å². The van der Waals surface area contributed by atoms with Crippen molar-refractivity contribution >= 4 is 21.7 Å². The third-order valence-corrected chi connectivity index (χ3v) is 3.17. The van der Waals surface area contributed by atoms with Gasteiger partial charge in [-0.3, -0.25) is 0 Å². The SMILES string of the molecule is Brc1ccc(NC[C@@H]2CCCNC2)nc1. The van der Waals surface area contributed by atoms with E-state index in [0.29, 0.717) is 0 Å². The maximum atomic E-state index is 4.28. The maximum Gasteiger partial charge on any atom is 0.125 e. The minimum atomic E-state index is 0.740. The molecule has 82 valence electrons. The number of aromatic nitrogens is 1. The lowest BCUT2D eigenvalue weighted by Crippen LogP contribution is -2.33. The van der Waals surface area contributed by atoms with Crippen LogP contribution in [0.1, 0.15) is 12.8 Å². The molecule has 0 amide bonds. The van der Waals surface area contributed by atoms with E-state index in [2.05, 4.69) is 31.5 Å². The highest BCUT2D eigenvalue weighted by atomic mass is 79.9. The minimum absolute atomic E-state index is 0.740. The van der Waals surface area contributed by atoms with Gasteiger partial charge in [-0.2, -0.15) is 0 Å². The van der Waals surface area contributed by atoms with Gasteiger partial charge in [0.05, 0.1) is 0 Å². The van der Waals surface area contributed by atoms with Crippen LogP contribution in [0, 0.1) is 5.92 Å². The highest BCUT2D eigenvalue weighted by molar-refractivity contribution is 9.10. The van der Waals surface area contributed by atoms with E-state index in [1.807, 2.05) is 18.3 Å². The average Bonchev–Trinajstić information content (AvgIpc) is 2.30. The van der Waals surface area contributed by atoms with Crippen molar-refractivity contribution in [1.82, 2.24) is 10.3 Å². The molecule has 0 bridgehead atoms. The Hall–Kier alpha value is -0.610. The molecule has 0 radical (unpaired) electrons. The number of nitrogens with one attached hydrogen (secondary N) is 2. The van der Waals surface area contributed by atoms with Crippen LogP contribution in [-0.4, -0.2) is 24.6 Å². The number of hydrogen-bond acceptors (Lipinski definition) is 3. The van der Waals surface area contributed by atoms with Gasteiger partial charge >= 0.3 is 0 Å². The molecule has 0 saturated carbocycles. The lowest BCUT2D eigenvalue weighted by molar-refractivity contribution is 0.392. The Morgan fingerprint density at radius 2 is 2.47 bits per heavy atom. The maximum absolute atomic E-state index is 4.28. The van der Waals surface area contributed by atoms with Gasteiger partial charge in [0, 0.05) is 17.2 Å². The predicted molar refractivity (Wildman–Crippen MR) is 66.0 cm³/mol. The molecule has 1 atom stereocenters. The standard InChI is InChI=1S/C11H16BrN3/c12-10-3-4-11(15-8-10)14-7-9-2-1-5-13-6-9/h3-4,8-9,13H,1-2,5-7H2,(H,14,15)/t9-/m1/s1. The summed E-state index contributed by atoms with van der Waals surface area (Å²) in [5.41, 5.74) is 0. The van der Waals surface area contributed by atoms with Crippen molar-refractivity contribution < 1.29 is 0 Å². The zero-order valence-corrected chi connectivity index (χ0v) is 10.3. The number of anilines is 1. The van der Waals surface area contributed by atoms with Gasteiger partial charge in [-0.1, -0.05) is 0 Å². The summed E-state index contributed by atoms with van der Waals surface area (Å²) in [6.07, 6.45) is 4.43. The summed E-state index contributed by atoms with van der Waals surface area (Å²) < 4.78 is 1.02. The first-order valence-corrected chi connectivity index (χ1v) is 6.20. The molecule has 3 nitrogen and oxygen atoms in total. The number of nitrogens with zero attached hydrogens (tertiary/aromatic N) is 1. The van der Waals surface area contributed by atoms with Gasteiger partial charge in [0.1, 0.15) is 5.82 Å². The van der Waals surface area contributed by atoms with Crippen LogP contribution in [-0.2, 0) is 0 Å². The summed E-state index contributed by atoms with van der Waals surface area (Å²) in [5, 5.41) is 6.78. The molecule has 15 heavy (non-hydrogen) atoms. The lowest BCUT2D eigenvalue weighted by Gasteiger charge is -2.23. The van der Waals surface area contributed by atoms with Crippen LogP contribution in [0.2, 0.25) is 0 Å². The van der Waals surface area contributed by atoms with Gasteiger partial charge in [-0.05, 0) is 59.9 Å². The molecule has 2 N–H and O–H groups in total. The van der Waals surface area contributed by atoms with Crippen LogP contribution < -0.4 is 10.6 Å². The van der Waals surface area contributed by atoms with Crippen molar-refractivity contribution in [2.24, 2.45) is 5.92 Å². The van der Waals surface area contributed by atoms with Gasteiger partial charge in [-0.25, -0.2) is 4.98 Å². The van der Waals surface area contributed by atoms with Crippen molar-refractivity contribution in [2.45, 2.75) is 12.8 Å². The fraction of sp³-hybridized carbons (Fsp3) is 0.545. The van der Waals surface area contributed by atoms with Gasteiger partial charge in [-0.15, -0.1) is 0 Å². The van der Waals surface area contributed by atoms with Gasteiger partial charge in [0.25, 0.3) is 0 Å². The molecule has 0 aliphatic carbocycles. The molecule has 4 heteroatoms. The molecule has 1 aliphatic heterocycles. The first-order valence-electron chi connectivity index (χ1n) is 5.41. The topological polar surface area (TPSA) is 37.0 Å². The third kappa shape index (κ3) is 3.47. The van der Waals surface area contributed by atoms with Gasteiger partial charge in [0.15, 0.2) is 0 Å². The molecule has 1 fully saturated rings. The number of rotatable bonds is 3. The van der Waals surface area contributed by atoms with Crippen molar-refractivity contribution in [3.05, 3.63) is 22.8 Å². The minimum Gasteiger partial charge on any atom is -0.370 e. The highest BCUT2D eigenvalue weighted by Crippen LogP contribution is 2.13. The summed E-state index contributed by atoms with van der Waals surface area (Å²) in [6.45, 7) is 3.32. The second-order valence-electron chi connectivity index (χ2n) is 3.95. The quantitative estimate of drug-likeness (QED) is 0.884. The summed E-state index contributed by atoms with van der Waals surface area (Å²) in [5.74, 6) is 1.70. The number of hydrogen-bond donors (Lipinski definition) is 2. The Morgan fingerprint density at radius 3 is 3.13 bits per heavy atom. The second kappa shape index (κ2) is 5.47. The van der Waals surface area contributed by atoms with Crippen molar-refractivity contribution in [3.63, 3.8) is 0 Å². The van der Waals surface area contributed by atoms with Gasteiger partial charge < -0.3 is 10.6 Å². The largest absolute Gasteiger partial charge is 0.370 e. The molecule has 2 rings (SSSR count). The molecular formula is C11H16BrN3. The Morgan fingerprint density at radius 1 is 1.53 bits per heavy atom. The average molecular weight is 270 g/mol. The normalized spacial score (nSPS) is 21.3. The third-order valence-electron chi connectivity index (χ3n) is 2.70. The molecule has 1 aromatic heterocycles. The molecule has 0 unspecified atom stereocenters. The van der Waals surface area contributed by atoms with E-state index < -0.39 is 0 Å². The van der Waals surface area contributed by atoms with E-state index >= 15 is 0 Å². The smallest absolute Gasteiger partial charge is 0.125 e. The first kappa shape index (κ1) is 10.9. The van der Waals surface area contributed by atoms with E-state index in [1.165, 1.54) is 19.4 Å². The Kier molecular flexibility index (Phi) is 3.97. The molecule has 1 aliphatic rings. The van der Waals surface area contributed by atoms with Crippen molar-refractivity contribution in [1.29, 1.82) is 0 Å². The summed E-state index contributed by atoms with van der Waals surface area (Å²) >= 11 is 3.37. The molecule has 2 heterocycles. The molecular weight excluding hydrogens is 254 g/mol.